The van der Waals surface area contributed by atoms with Gasteiger partial charge in [-0.25, -0.2) is 4.98 Å². The summed E-state index contributed by atoms with van der Waals surface area (Å²) in [5.41, 5.74) is 1.87. The van der Waals surface area contributed by atoms with Crippen LogP contribution in [0.5, 0.6) is 0 Å². The zero-order valence-electron chi connectivity index (χ0n) is 20.8. The van der Waals surface area contributed by atoms with E-state index in [9.17, 15) is 24.5 Å². The third-order valence-corrected chi connectivity index (χ3v) is 5.51. The molecule has 2 aromatic rings. The number of benzene rings is 1. The minimum absolute atomic E-state index is 0.115. The lowest BCUT2D eigenvalue weighted by Crippen LogP contribution is -2.39. The molecule has 0 aliphatic rings. The van der Waals surface area contributed by atoms with Gasteiger partial charge in [-0.1, -0.05) is 18.6 Å². The molecule has 1 heterocycles. The maximum absolute atomic E-state index is 12.4. The molecule has 0 aliphatic heterocycles. The quantitative estimate of drug-likeness (QED) is 0.155. The van der Waals surface area contributed by atoms with E-state index in [0.29, 0.717) is 17.5 Å². The van der Waals surface area contributed by atoms with Crippen molar-refractivity contribution in [2.24, 2.45) is 0 Å². The van der Waals surface area contributed by atoms with Crippen LogP contribution in [0.2, 0.25) is 0 Å². The molecule has 0 spiro atoms. The van der Waals surface area contributed by atoms with Gasteiger partial charge in [-0.05, 0) is 49.9 Å². The molecule has 194 valence electrons. The second-order valence-corrected chi connectivity index (χ2v) is 8.44. The van der Waals surface area contributed by atoms with Crippen LogP contribution in [0.3, 0.4) is 0 Å². The van der Waals surface area contributed by atoms with Crippen molar-refractivity contribution in [3.8, 4) is 0 Å². The number of hydrogen-bond donors (Lipinski definition) is 3. The van der Waals surface area contributed by atoms with E-state index in [0.717, 1.165) is 30.8 Å². The number of nitro groups is 1. The number of nitrogens with one attached hydrogen (secondary N) is 3. The summed E-state index contributed by atoms with van der Waals surface area (Å²) in [7, 11) is 1.22. The van der Waals surface area contributed by atoms with Crippen LogP contribution in [0, 0.1) is 24.0 Å². The highest BCUT2D eigenvalue weighted by atomic mass is 16.6. The van der Waals surface area contributed by atoms with E-state index in [4.69, 9.17) is 0 Å². The van der Waals surface area contributed by atoms with Crippen molar-refractivity contribution in [3.63, 3.8) is 0 Å². The second kappa shape index (κ2) is 14.4. The minimum atomic E-state index is -0.837. The summed E-state index contributed by atoms with van der Waals surface area (Å²) >= 11 is 0. The molecule has 11 nitrogen and oxygen atoms in total. The third-order valence-electron chi connectivity index (χ3n) is 5.51. The van der Waals surface area contributed by atoms with E-state index >= 15 is 0 Å². The molecule has 1 aromatic heterocycles. The SMILES string of the molecule is COC(=O)CC(NC(=O)CNC(=O)CCCCCNc1cc(C)ccn1)c1ccc(C)c([N+](=O)[O-])c1. The van der Waals surface area contributed by atoms with Gasteiger partial charge in [0.15, 0.2) is 0 Å². The Morgan fingerprint density at radius 1 is 1.08 bits per heavy atom. The fourth-order valence-electron chi connectivity index (χ4n) is 3.49. The predicted octanol–water partition coefficient (Wildman–Crippen LogP) is 3.12. The van der Waals surface area contributed by atoms with Crippen LogP contribution in [-0.2, 0) is 19.1 Å². The molecule has 2 rings (SSSR count). The molecule has 0 bridgehead atoms. The van der Waals surface area contributed by atoms with E-state index in [2.05, 4.69) is 25.7 Å². The summed E-state index contributed by atoms with van der Waals surface area (Å²) in [6.07, 6.45) is 4.22. The molecule has 0 fully saturated rings. The Kier molecular flexibility index (Phi) is 11.3. The Morgan fingerprint density at radius 3 is 2.56 bits per heavy atom. The number of ether oxygens (including phenoxy) is 1. The maximum Gasteiger partial charge on any atom is 0.307 e. The number of carbonyl (C=O) groups is 3. The second-order valence-electron chi connectivity index (χ2n) is 8.44. The van der Waals surface area contributed by atoms with Crippen molar-refractivity contribution in [1.29, 1.82) is 0 Å². The first-order valence-electron chi connectivity index (χ1n) is 11.7. The van der Waals surface area contributed by atoms with Gasteiger partial charge in [-0.3, -0.25) is 24.5 Å². The number of anilines is 1. The van der Waals surface area contributed by atoms with Crippen molar-refractivity contribution in [1.82, 2.24) is 15.6 Å². The van der Waals surface area contributed by atoms with Gasteiger partial charge in [0.25, 0.3) is 5.69 Å². The third kappa shape index (κ3) is 9.69. The number of esters is 1. The molecule has 11 heteroatoms. The lowest BCUT2D eigenvalue weighted by Gasteiger charge is -2.19. The van der Waals surface area contributed by atoms with Crippen LogP contribution in [0.15, 0.2) is 36.5 Å². The van der Waals surface area contributed by atoms with Gasteiger partial charge in [0, 0.05) is 30.8 Å². The average Bonchev–Trinajstić information content (AvgIpc) is 2.84. The lowest BCUT2D eigenvalue weighted by molar-refractivity contribution is -0.385. The first kappa shape index (κ1) is 28.2. The molecule has 0 aliphatic carbocycles. The fourth-order valence-corrected chi connectivity index (χ4v) is 3.49. The molecule has 1 unspecified atom stereocenters. The molecular formula is C25H33N5O6. The number of rotatable bonds is 14. The molecule has 0 saturated carbocycles. The Morgan fingerprint density at radius 2 is 1.86 bits per heavy atom. The highest BCUT2D eigenvalue weighted by molar-refractivity contribution is 5.85. The molecule has 3 N–H and O–H groups in total. The van der Waals surface area contributed by atoms with Crippen LogP contribution >= 0.6 is 0 Å². The predicted molar refractivity (Wildman–Crippen MR) is 134 cm³/mol. The number of amides is 2. The van der Waals surface area contributed by atoms with E-state index in [1.165, 1.54) is 13.2 Å². The van der Waals surface area contributed by atoms with Crippen molar-refractivity contribution < 1.29 is 24.0 Å². The lowest BCUT2D eigenvalue weighted by atomic mass is 10.0. The Labute approximate surface area is 210 Å². The van der Waals surface area contributed by atoms with Gasteiger partial charge in [-0.15, -0.1) is 0 Å². The van der Waals surface area contributed by atoms with E-state index in [1.54, 1.807) is 25.3 Å². The summed E-state index contributed by atoms with van der Waals surface area (Å²) < 4.78 is 4.68. The van der Waals surface area contributed by atoms with Crippen molar-refractivity contribution in [2.75, 3.05) is 25.5 Å². The number of nitro benzene ring substituents is 1. The van der Waals surface area contributed by atoms with Crippen LogP contribution < -0.4 is 16.0 Å². The maximum atomic E-state index is 12.4. The highest BCUT2D eigenvalue weighted by Crippen LogP contribution is 2.25. The number of pyridine rings is 1. The van der Waals surface area contributed by atoms with Crippen LogP contribution in [0.4, 0.5) is 11.5 Å². The van der Waals surface area contributed by atoms with Gasteiger partial charge in [0.2, 0.25) is 11.8 Å². The van der Waals surface area contributed by atoms with E-state index in [-0.39, 0.29) is 31.0 Å². The molecule has 36 heavy (non-hydrogen) atoms. The van der Waals surface area contributed by atoms with Gasteiger partial charge in [0.1, 0.15) is 5.82 Å². The van der Waals surface area contributed by atoms with Gasteiger partial charge in [0.05, 0.1) is 31.0 Å². The Hall–Kier alpha value is -4.02. The van der Waals surface area contributed by atoms with Gasteiger partial charge < -0.3 is 20.7 Å². The number of unbranched alkanes of at least 4 members (excludes halogenated alkanes) is 2. The summed E-state index contributed by atoms with van der Waals surface area (Å²) in [5.74, 6) is -0.533. The first-order valence-corrected chi connectivity index (χ1v) is 11.7. The van der Waals surface area contributed by atoms with Crippen molar-refractivity contribution in [3.05, 3.63) is 63.3 Å². The molecule has 1 aromatic carbocycles. The largest absolute Gasteiger partial charge is 0.469 e. The summed E-state index contributed by atoms with van der Waals surface area (Å²) in [4.78, 5) is 51.4. The molecule has 2 amide bonds. The molecule has 1 atom stereocenters. The number of aromatic nitrogens is 1. The fraction of sp³-hybridized carbons (Fsp3) is 0.440. The average molecular weight is 500 g/mol. The highest BCUT2D eigenvalue weighted by Gasteiger charge is 2.22. The number of nitrogens with zero attached hydrogens (tertiary/aromatic N) is 2. The standard InChI is InChI=1S/C25H33N5O6/c1-17-10-12-27-22(13-17)26-11-6-4-5-7-23(31)28-16-24(32)29-20(15-25(33)36-3)19-9-8-18(2)21(14-19)30(34)35/h8-10,12-14,20H,4-7,11,15-16H2,1-3H3,(H,26,27)(H,28,31)(H,29,32). The van der Waals surface area contributed by atoms with E-state index in [1.807, 2.05) is 19.1 Å². The zero-order chi connectivity index (χ0) is 26.5. The normalized spacial score (nSPS) is 11.3. The zero-order valence-corrected chi connectivity index (χ0v) is 20.8. The first-order chi connectivity index (χ1) is 17.2. The van der Waals surface area contributed by atoms with E-state index < -0.39 is 22.8 Å². The number of hydrogen-bond acceptors (Lipinski definition) is 8. The van der Waals surface area contributed by atoms with Crippen LogP contribution in [-0.4, -0.2) is 47.9 Å². The minimum Gasteiger partial charge on any atom is -0.469 e. The Bertz CT molecular complexity index is 1070. The van der Waals surface area contributed by atoms with Crippen molar-refractivity contribution in [2.45, 2.75) is 52.0 Å². The van der Waals surface area contributed by atoms with Gasteiger partial charge >= 0.3 is 5.97 Å². The molecular weight excluding hydrogens is 466 g/mol. The number of methoxy groups -OCH3 is 1. The van der Waals surface area contributed by atoms with Gasteiger partial charge in [-0.2, -0.15) is 0 Å². The topological polar surface area (TPSA) is 153 Å². The summed E-state index contributed by atoms with van der Waals surface area (Å²) in [6.45, 7) is 4.08. The summed E-state index contributed by atoms with van der Waals surface area (Å²) in [5, 5.41) is 19.7. The number of carbonyl (C=O) groups excluding carboxylic acids is 3. The molecule has 0 saturated heterocycles. The van der Waals surface area contributed by atoms with Crippen LogP contribution in [0.1, 0.15) is 54.8 Å². The summed E-state index contributed by atoms with van der Waals surface area (Å²) in [6, 6.07) is 7.55. The molecule has 0 radical (unpaired) electrons. The Balaban J connectivity index is 1.77. The van der Waals surface area contributed by atoms with Crippen molar-refractivity contribution >= 4 is 29.3 Å². The monoisotopic (exact) mass is 499 g/mol. The smallest absolute Gasteiger partial charge is 0.307 e. The van der Waals surface area contributed by atoms with Crippen LogP contribution in [0.25, 0.3) is 0 Å². The number of aryl methyl sites for hydroxylation is 2.